The second-order valence-corrected chi connectivity index (χ2v) is 8.75. The number of benzene rings is 4. The van der Waals surface area contributed by atoms with Crippen LogP contribution in [0.2, 0.25) is 0 Å². The molecule has 5 heteroatoms. The molecule has 0 unspecified atom stereocenters. The van der Waals surface area contributed by atoms with Crippen molar-refractivity contribution < 1.29 is 21.1 Å². The largest absolute Gasteiger partial charge is 2.00 e. The average molecular weight is 684 g/mol. The van der Waals surface area contributed by atoms with E-state index in [1.165, 1.54) is 0 Å². The number of hydrogen-bond acceptors (Lipinski definition) is 2. The Morgan fingerprint density at radius 2 is 0.692 bits per heavy atom. The van der Waals surface area contributed by atoms with Crippen LogP contribution in [0.1, 0.15) is 0 Å². The molecule has 0 saturated heterocycles. The summed E-state index contributed by atoms with van der Waals surface area (Å²) < 4.78 is 0. The van der Waals surface area contributed by atoms with Gasteiger partial charge in [0.1, 0.15) is 0 Å². The number of aromatic nitrogens is 2. The van der Waals surface area contributed by atoms with Crippen molar-refractivity contribution in [2.45, 2.75) is 0 Å². The molecule has 39 heavy (non-hydrogen) atoms. The van der Waals surface area contributed by atoms with Gasteiger partial charge in [0.2, 0.25) is 0 Å². The van der Waals surface area contributed by atoms with Gasteiger partial charge in [-0.15, -0.1) is 22.7 Å². The van der Waals surface area contributed by atoms with Gasteiger partial charge in [-0.05, 0) is 35.4 Å². The minimum atomic E-state index is 0. The summed E-state index contributed by atoms with van der Waals surface area (Å²) in [5, 5.41) is 9.70. The zero-order valence-corrected chi connectivity index (χ0v) is 23.2. The molecule has 0 atom stereocenters. The molecule has 4 aromatic carbocycles. The Balaban J connectivity index is 0.00000308. The molecule has 0 aliphatic heterocycles. The fourth-order valence-corrected chi connectivity index (χ4v) is 4.31. The number of hydrogen-bond donors (Lipinski definition) is 0. The predicted molar refractivity (Wildman–Crippen MR) is 157 cm³/mol. The summed E-state index contributed by atoms with van der Waals surface area (Å²) in [6, 6.07) is 48.2. The molecule has 0 aliphatic rings. The van der Waals surface area contributed by atoms with E-state index in [1.54, 1.807) is 0 Å². The van der Waals surface area contributed by atoms with Gasteiger partial charge in [-0.2, -0.15) is 0 Å². The number of pyridine rings is 2. The molecule has 2 heterocycles. The summed E-state index contributed by atoms with van der Waals surface area (Å²) in [5.41, 5.74) is 8.82. The number of nitrogens with zero attached hydrogens (tertiary/aromatic N) is 4. The van der Waals surface area contributed by atoms with E-state index >= 15 is 0 Å². The second kappa shape index (κ2) is 12.3. The van der Waals surface area contributed by atoms with E-state index in [1.807, 2.05) is 133 Å². The predicted octanol–water partition coefficient (Wildman–Crippen LogP) is 10.1. The molecule has 190 valence electrons. The maximum absolute atomic E-state index is 4.99. The third kappa shape index (κ3) is 6.14. The Kier molecular flexibility index (Phi) is 8.26. The average Bonchev–Trinajstić information content (AvgIpc) is 2.99. The van der Waals surface area contributed by atoms with Gasteiger partial charge in [-0.3, -0.25) is 0 Å². The molecule has 0 aliphatic carbocycles. The van der Waals surface area contributed by atoms with E-state index in [9.17, 15) is 0 Å². The van der Waals surface area contributed by atoms with E-state index < -0.39 is 0 Å². The van der Waals surface area contributed by atoms with Crippen LogP contribution in [0, 0.1) is 0 Å². The third-order valence-corrected chi connectivity index (χ3v) is 6.13. The summed E-state index contributed by atoms with van der Waals surface area (Å²) >= 11 is 0. The molecule has 0 radical (unpaired) electrons. The Morgan fingerprint density at radius 3 is 1.13 bits per heavy atom. The van der Waals surface area contributed by atoms with Gasteiger partial charge in [0.25, 0.3) is 0 Å². The number of rotatable bonds is 7. The van der Waals surface area contributed by atoms with E-state index in [-0.39, 0.29) is 21.1 Å². The zero-order chi connectivity index (χ0) is 25.6. The first-order valence-electron chi connectivity index (χ1n) is 12.5. The van der Waals surface area contributed by atoms with Crippen LogP contribution in [0.5, 0.6) is 0 Å². The zero-order valence-electron chi connectivity index (χ0n) is 21.0. The summed E-state index contributed by atoms with van der Waals surface area (Å²) in [7, 11) is 0. The summed E-state index contributed by atoms with van der Waals surface area (Å²) in [4.78, 5) is 9.99. The van der Waals surface area contributed by atoms with Crippen LogP contribution >= 0.6 is 0 Å². The van der Waals surface area contributed by atoms with E-state index in [4.69, 9.17) is 20.6 Å². The fourth-order valence-electron chi connectivity index (χ4n) is 4.31. The van der Waals surface area contributed by atoms with Crippen molar-refractivity contribution in [3.8, 4) is 33.9 Å². The molecule has 0 fully saturated rings. The molecule has 6 rings (SSSR count). The molecule has 0 bridgehead atoms. The smallest absolute Gasteiger partial charge is 0.657 e. The van der Waals surface area contributed by atoms with Gasteiger partial charge in [0.15, 0.2) is 0 Å². The van der Waals surface area contributed by atoms with Crippen molar-refractivity contribution in [3.63, 3.8) is 0 Å². The number of para-hydroxylation sites is 4. The van der Waals surface area contributed by atoms with Crippen molar-refractivity contribution in [2.24, 2.45) is 0 Å². The molecule has 0 amide bonds. The maximum Gasteiger partial charge on any atom is 2.00 e. The van der Waals surface area contributed by atoms with Crippen molar-refractivity contribution in [1.29, 1.82) is 0 Å². The monoisotopic (exact) mass is 683 g/mol. The maximum atomic E-state index is 4.99. The topological polar surface area (TPSA) is 54.0 Å². The van der Waals surface area contributed by atoms with Crippen LogP contribution in [-0.2, 0) is 21.1 Å². The van der Waals surface area contributed by atoms with Gasteiger partial charge in [0, 0.05) is 0 Å². The molecule has 0 spiro atoms. The molecule has 0 saturated carbocycles. The van der Waals surface area contributed by atoms with Crippen molar-refractivity contribution >= 4 is 22.7 Å². The first-order valence-corrected chi connectivity index (χ1v) is 12.5. The van der Waals surface area contributed by atoms with Crippen LogP contribution < -0.4 is 0 Å². The summed E-state index contributed by atoms with van der Waals surface area (Å²) in [6.07, 6.45) is 0. The van der Waals surface area contributed by atoms with E-state index in [0.29, 0.717) is 0 Å². The van der Waals surface area contributed by atoms with Gasteiger partial charge in [-0.25, -0.2) is 9.97 Å². The van der Waals surface area contributed by atoms with Gasteiger partial charge >= 0.3 is 21.1 Å². The Morgan fingerprint density at radius 1 is 0.333 bits per heavy atom. The van der Waals surface area contributed by atoms with Crippen molar-refractivity contribution in [2.75, 3.05) is 0 Å². The van der Waals surface area contributed by atoms with Crippen molar-refractivity contribution in [3.05, 3.63) is 156 Å². The fraction of sp³-hybridized carbons (Fsp3) is 0. The molecule has 6 aromatic rings. The van der Waals surface area contributed by atoms with Crippen LogP contribution in [0.25, 0.3) is 44.5 Å². The normalized spacial score (nSPS) is 10.4. The Hall–Kier alpha value is -4.53. The van der Waals surface area contributed by atoms with Crippen LogP contribution in [0.15, 0.2) is 146 Å². The SMILES string of the molecule is [Pt+2].c1ccc([N-]c2ccccc2-c2cccc(-c3cccc(-c4ccccc4[N-]c4ccccc4)n3)n2)cc1. The van der Waals surface area contributed by atoms with E-state index in [2.05, 4.69) is 12.1 Å². The van der Waals surface area contributed by atoms with Gasteiger partial charge < -0.3 is 10.6 Å². The van der Waals surface area contributed by atoms with Gasteiger partial charge in [0.05, 0.1) is 22.8 Å². The first-order chi connectivity index (χ1) is 18.8. The van der Waals surface area contributed by atoms with Crippen LogP contribution in [0.3, 0.4) is 0 Å². The summed E-state index contributed by atoms with van der Waals surface area (Å²) in [5.74, 6) is 0. The standard InChI is InChI=1S/C34H24N4.Pt/c1-3-13-25(14-4-1)35-29-19-9-7-17-27(29)31-21-11-23-33(37-31)34-24-12-22-32(38-34)28-18-8-10-20-30(28)36-26-15-5-2-6-16-26;/h1-24H;/q-2;+2. The Bertz CT molecular complexity index is 1540. The quantitative estimate of drug-likeness (QED) is 0.168. The second-order valence-electron chi connectivity index (χ2n) is 8.75. The summed E-state index contributed by atoms with van der Waals surface area (Å²) in [6.45, 7) is 0. The van der Waals surface area contributed by atoms with Crippen molar-refractivity contribution in [1.82, 2.24) is 9.97 Å². The first kappa shape index (κ1) is 26.1. The minimum absolute atomic E-state index is 0. The van der Waals surface area contributed by atoms with Crippen LogP contribution in [0.4, 0.5) is 22.7 Å². The minimum Gasteiger partial charge on any atom is -0.657 e. The Labute approximate surface area is 243 Å². The molecule has 4 nitrogen and oxygen atoms in total. The van der Waals surface area contributed by atoms with Crippen LogP contribution in [-0.4, -0.2) is 9.97 Å². The third-order valence-electron chi connectivity index (χ3n) is 6.13. The molecular formula is C34H24N4Pt. The van der Waals surface area contributed by atoms with E-state index in [0.717, 1.165) is 56.7 Å². The molecule has 2 aromatic heterocycles. The van der Waals surface area contributed by atoms with Gasteiger partial charge in [-0.1, -0.05) is 121 Å². The molecular weight excluding hydrogens is 659 g/mol. The molecule has 0 N–H and O–H groups in total.